The number of hydrogen-bond acceptors (Lipinski definition) is 3. The van der Waals surface area contributed by atoms with E-state index in [2.05, 4.69) is 17.1 Å². The molecule has 3 heterocycles. The number of piperidine rings is 1. The van der Waals surface area contributed by atoms with E-state index in [1.807, 2.05) is 17.0 Å². The fourth-order valence-electron chi connectivity index (χ4n) is 4.74. The van der Waals surface area contributed by atoms with Gasteiger partial charge in [0.05, 0.1) is 18.6 Å². The Hall–Kier alpha value is -2.83. The van der Waals surface area contributed by atoms with Crippen molar-refractivity contribution in [1.82, 2.24) is 9.88 Å². The van der Waals surface area contributed by atoms with Gasteiger partial charge < -0.3 is 19.7 Å². The van der Waals surface area contributed by atoms with E-state index in [-0.39, 0.29) is 17.9 Å². The number of likely N-dealkylation sites (tertiary alicyclic amines) is 1. The van der Waals surface area contributed by atoms with E-state index in [0.717, 1.165) is 18.2 Å². The number of hydrogen-bond donors (Lipinski definition) is 2. The number of halogens is 1. The average Bonchev–Trinajstić information content (AvgIpc) is 3.30. The van der Waals surface area contributed by atoms with Crippen molar-refractivity contribution in [2.75, 3.05) is 13.1 Å². The number of benzene rings is 2. The number of carbonyl (C=O) groups is 2. The summed E-state index contributed by atoms with van der Waals surface area (Å²) in [5, 5.41) is 10.4. The predicted octanol–water partition coefficient (Wildman–Crippen LogP) is 4.11. The summed E-state index contributed by atoms with van der Waals surface area (Å²) in [6.07, 6.45) is 1.35. The quantitative estimate of drug-likeness (QED) is 0.662. The van der Waals surface area contributed by atoms with Crippen molar-refractivity contribution >= 4 is 34.4 Å². The zero-order valence-electron chi connectivity index (χ0n) is 16.3. The second kappa shape index (κ2) is 7.15. The molecule has 2 aromatic carbocycles. The van der Waals surface area contributed by atoms with Crippen LogP contribution in [0.2, 0.25) is 5.02 Å². The van der Waals surface area contributed by atoms with Crippen molar-refractivity contribution in [2.45, 2.75) is 31.5 Å². The van der Waals surface area contributed by atoms with Gasteiger partial charge in [-0.1, -0.05) is 35.9 Å². The number of amides is 1. The summed E-state index contributed by atoms with van der Waals surface area (Å²) < 4.78 is 6.18. The first-order chi connectivity index (χ1) is 14.4. The van der Waals surface area contributed by atoms with Crippen molar-refractivity contribution in [2.24, 2.45) is 0 Å². The van der Waals surface area contributed by atoms with E-state index in [9.17, 15) is 9.59 Å². The van der Waals surface area contributed by atoms with Crippen LogP contribution < -0.4 is 0 Å². The molecule has 1 aromatic heterocycles. The fourth-order valence-corrected chi connectivity index (χ4v) is 4.99. The number of nitrogens with zero attached hydrogens (tertiary/aromatic N) is 1. The van der Waals surface area contributed by atoms with E-state index in [0.29, 0.717) is 41.5 Å². The molecule has 1 saturated heterocycles. The van der Waals surface area contributed by atoms with E-state index < -0.39 is 5.97 Å². The lowest BCUT2D eigenvalue weighted by Crippen LogP contribution is -2.45. The normalized spacial score (nSPS) is 17.4. The minimum atomic E-state index is -0.945. The molecule has 1 spiro atoms. The summed E-state index contributed by atoms with van der Waals surface area (Å²) in [5.74, 6) is -1.04. The molecule has 2 aliphatic heterocycles. The minimum absolute atomic E-state index is 0.0928. The number of carboxylic acids is 1. The number of fused-ring (bicyclic) bond motifs is 3. The first-order valence-electron chi connectivity index (χ1n) is 10.00. The molecule has 2 aliphatic rings. The number of nitrogens with one attached hydrogen (secondary N) is 1. The maximum Gasteiger partial charge on any atom is 0.307 e. The monoisotopic (exact) mass is 424 g/mol. The Kier molecular flexibility index (Phi) is 4.56. The van der Waals surface area contributed by atoms with Gasteiger partial charge >= 0.3 is 5.97 Å². The third-order valence-electron chi connectivity index (χ3n) is 6.22. The Morgan fingerprint density at radius 1 is 1.17 bits per heavy atom. The summed E-state index contributed by atoms with van der Waals surface area (Å²) >= 11 is 6.14. The zero-order chi connectivity index (χ0) is 20.9. The SMILES string of the molecule is O=C(O)Cc1cc(Cl)cc2cc(C(=O)N3CCC4(CC3)OCc3ccccc34)[nH]c12. The second-order valence-electron chi connectivity index (χ2n) is 8.01. The molecule has 6 nitrogen and oxygen atoms in total. The molecule has 2 N–H and O–H groups in total. The number of ether oxygens (including phenoxy) is 1. The van der Waals surface area contributed by atoms with Crippen LogP contribution in [0.25, 0.3) is 10.9 Å². The molecule has 30 heavy (non-hydrogen) atoms. The first-order valence-corrected chi connectivity index (χ1v) is 10.4. The number of aromatic amines is 1. The molecule has 0 unspecified atom stereocenters. The van der Waals surface area contributed by atoms with E-state index in [1.54, 1.807) is 18.2 Å². The second-order valence-corrected chi connectivity index (χ2v) is 8.45. The van der Waals surface area contributed by atoms with Crippen LogP contribution in [0.15, 0.2) is 42.5 Å². The van der Waals surface area contributed by atoms with Crippen molar-refractivity contribution in [3.05, 3.63) is 69.9 Å². The molecular formula is C23H21ClN2O4. The third kappa shape index (κ3) is 3.16. The lowest BCUT2D eigenvalue weighted by molar-refractivity contribution is -0.136. The Labute approximate surface area is 178 Å². The van der Waals surface area contributed by atoms with Crippen LogP contribution in [-0.2, 0) is 28.2 Å². The molecule has 0 radical (unpaired) electrons. The van der Waals surface area contributed by atoms with Gasteiger partial charge in [0.2, 0.25) is 0 Å². The highest BCUT2D eigenvalue weighted by molar-refractivity contribution is 6.31. The number of aromatic nitrogens is 1. The first kappa shape index (κ1) is 19.2. The van der Waals surface area contributed by atoms with Crippen molar-refractivity contribution in [3.63, 3.8) is 0 Å². The van der Waals surface area contributed by atoms with Gasteiger partial charge in [0.1, 0.15) is 5.69 Å². The van der Waals surface area contributed by atoms with Gasteiger partial charge in [0.25, 0.3) is 5.91 Å². The van der Waals surface area contributed by atoms with Gasteiger partial charge in [-0.15, -0.1) is 0 Å². The molecule has 3 aromatic rings. The van der Waals surface area contributed by atoms with Crippen LogP contribution in [0.5, 0.6) is 0 Å². The highest BCUT2D eigenvalue weighted by atomic mass is 35.5. The van der Waals surface area contributed by atoms with E-state index in [4.69, 9.17) is 21.4 Å². The predicted molar refractivity (Wildman–Crippen MR) is 113 cm³/mol. The van der Waals surface area contributed by atoms with E-state index >= 15 is 0 Å². The molecule has 0 bridgehead atoms. The standard InChI is InChI=1S/C23H21ClN2O4/c24-17-9-15-11-19(25-21(15)16(10-17)12-20(27)28)22(29)26-7-5-23(6-8-26)18-4-2-1-3-14(18)13-30-23/h1-4,9-11,25H,5-8,12-13H2,(H,27,28). The molecule has 0 saturated carbocycles. The Bertz CT molecular complexity index is 1160. The molecular weight excluding hydrogens is 404 g/mol. The summed E-state index contributed by atoms with van der Waals surface area (Å²) in [5.41, 5.74) is 3.84. The Morgan fingerprint density at radius 3 is 2.70 bits per heavy atom. The molecule has 0 atom stereocenters. The number of aliphatic carboxylic acids is 1. The number of H-pyrrole nitrogens is 1. The van der Waals surface area contributed by atoms with Gasteiger partial charge in [-0.25, -0.2) is 0 Å². The van der Waals surface area contributed by atoms with Crippen LogP contribution in [-0.4, -0.2) is 40.0 Å². The zero-order valence-corrected chi connectivity index (χ0v) is 17.0. The highest BCUT2D eigenvalue weighted by Crippen LogP contribution is 2.44. The average molecular weight is 425 g/mol. The molecule has 1 amide bonds. The lowest BCUT2D eigenvalue weighted by Gasteiger charge is -2.39. The minimum Gasteiger partial charge on any atom is -0.481 e. The number of rotatable bonds is 3. The van der Waals surface area contributed by atoms with Gasteiger partial charge in [-0.2, -0.15) is 0 Å². The molecule has 154 valence electrons. The maximum absolute atomic E-state index is 13.1. The van der Waals surface area contributed by atoms with Crippen LogP contribution in [0, 0.1) is 0 Å². The van der Waals surface area contributed by atoms with E-state index in [1.165, 1.54) is 11.1 Å². The van der Waals surface area contributed by atoms with Gasteiger partial charge in [-0.05, 0) is 47.7 Å². The largest absolute Gasteiger partial charge is 0.481 e. The molecule has 0 aliphatic carbocycles. The summed E-state index contributed by atoms with van der Waals surface area (Å²) in [4.78, 5) is 29.3. The van der Waals surface area contributed by atoms with Gasteiger partial charge in [-0.3, -0.25) is 9.59 Å². The van der Waals surface area contributed by atoms with Crippen LogP contribution >= 0.6 is 11.6 Å². The van der Waals surface area contributed by atoms with Crippen LogP contribution in [0.3, 0.4) is 0 Å². The summed E-state index contributed by atoms with van der Waals surface area (Å²) in [7, 11) is 0. The molecule has 1 fully saturated rings. The Morgan fingerprint density at radius 2 is 1.93 bits per heavy atom. The van der Waals surface area contributed by atoms with Crippen molar-refractivity contribution in [3.8, 4) is 0 Å². The van der Waals surface area contributed by atoms with Crippen molar-refractivity contribution in [1.29, 1.82) is 0 Å². The summed E-state index contributed by atoms with van der Waals surface area (Å²) in [6.45, 7) is 1.83. The number of carboxylic acid groups (broad SMARTS) is 1. The van der Waals surface area contributed by atoms with Gasteiger partial charge in [0, 0.05) is 29.0 Å². The van der Waals surface area contributed by atoms with Crippen LogP contribution in [0.1, 0.15) is 40.0 Å². The van der Waals surface area contributed by atoms with Crippen LogP contribution in [0.4, 0.5) is 0 Å². The summed E-state index contributed by atoms with van der Waals surface area (Å²) in [6, 6.07) is 13.4. The smallest absolute Gasteiger partial charge is 0.307 e. The topological polar surface area (TPSA) is 82.6 Å². The Balaban J connectivity index is 1.37. The lowest BCUT2D eigenvalue weighted by atomic mass is 9.84. The van der Waals surface area contributed by atoms with Gasteiger partial charge in [0.15, 0.2) is 0 Å². The van der Waals surface area contributed by atoms with Crippen molar-refractivity contribution < 1.29 is 19.4 Å². The molecule has 5 rings (SSSR count). The molecule has 7 heteroatoms. The maximum atomic E-state index is 13.1. The highest BCUT2D eigenvalue weighted by Gasteiger charge is 2.43. The number of carbonyl (C=O) groups excluding carboxylic acids is 1. The fraction of sp³-hybridized carbons (Fsp3) is 0.304. The third-order valence-corrected chi connectivity index (χ3v) is 6.44.